The molecular formula is C23H26N6O3S2. The van der Waals surface area contributed by atoms with Crippen LogP contribution in [0.25, 0.3) is 20.4 Å². The average Bonchev–Trinajstić information content (AvgIpc) is 3.40. The molecule has 1 aliphatic carbocycles. The second-order valence-corrected chi connectivity index (χ2v) is 11.1. The van der Waals surface area contributed by atoms with Crippen LogP contribution in [0.4, 0.5) is 11.5 Å². The third kappa shape index (κ3) is 4.30. The molecule has 34 heavy (non-hydrogen) atoms. The lowest BCUT2D eigenvalue weighted by atomic mass is 9.86. The topological polar surface area (TPSA) is 113 Å². The fraction of sp³-hybridized carbons (Fsp3) is 0.435. The number of aliphatic hydroxyl groups is 1. The number of amides is 1. The Morgan fingerprint density at radius 3 is 2.94 bits per heavy atom. The van der Waals surface area contributed by atoms with E-state index in [1.54, 1.807) is 50.6 Å². The van der Waals surface area contributed by atoms with Gasteiger partial charge in [-0.05, 0) is 56.3 Å². The number of rotatable bonds is 6. The lowest BCUT2D eigenvalue weighted by molar-refractivity contribution is -0.137. The first-order chi connectivity index (χ1) is 16.2. The molecule has 9 nitrogen and oxygen atoms in total. The lowest BCUT2D eigenvalue weighted by Crippen LogP contribution is -2.43. The summed E-state index contributed by atoms with van der Waals surface area (Å²) in [5.74, 6) is 1.36. The van der Waals surface area contributed by atoms with Crippen molar-refractivity contribution in [1.29, 1.82) is 0 Å². The third-order valence-electron chi connectivity index (χ3n) is 6.02. The highest BCUT2D eigenvalue weighted by Gasteiger charge is 2.32. The first kappa shape index (κ1) is 22.9. The molecule has 1 aromatic carbocycles. The van der Waals surface area contributed by atoms with Crippen LogP contribution < -0.4 is 10.1 Å². The van der Waals surface area contributed by atoms with Crippen LogP contribution in [0.2, 0.25) is 0 Å². The number of aryl methyl sites for hydroxylation is 1. The monoisotopic (exact) mass is 498 g/mol. The van der Waals surface area contributed by atoms with Gasteiger partial charge >= 0.3 is 0 Å². The van der Waals surface area contributed by atoms with Crippen LogP contribution in [0, 0.1) is 5.92 Å². The summed E-state index contributed by atoms with van der Waals surface area (Å²) in [6.45, 7) is 3.74. The van der Waals surface area contributed by atoms with Crippen molar-refractivity contribution in [3.63, 3.8) is 0 Å². The first-order valence-corrected chi connectivity index (χ1v) is 12.6. The Morgan fingerprint density at radius 2 is 2.18 bits per heavy atom. The molecule has 1 unspecified atom stereocenters. The molecule has 5 rings (SSSR count). The third-order valence-corrected chi connectivity index (χ3v) is 7.87. The number of nitrogens with one attached hydrogen (secondary N) is 1. The maximum atomic E-state index is 13.0. The molecule has 4 aromatic rings. The minimum Gasteiger partial charge on any atom is -0.494 e. The molecular weight excluding hydrogens is 472 g/mol. The number of carbonyl (C=O) groups excluding carboxylic acids is 1. The number of thiophene rings is 1. The fourth-order valence-corrected chi connectivity index (χ4v) is 6.44. The van der Waals surface area contributed by atoms with E-state index in [9.17, 15) is 9.90 Å². The normalized spacial score (nSPS) is 16.0. The smallest absolute Gasteiger partial charge is 0.225 e. The zero-order chi connectivity index (χ0) is 24.0. The zero-order valence-corrected chi connectivity index (χ0v) is 21.1. The Balaban J connectivity index is 1.45. The van der Waals surface area contributed by atoms with E-state index < -0.39 is 5.60 Å². The largest absolute Gasteiger partial charge is 0.494 e. The van der Waals surface area contributed by atoms with Crippen molar-refractivity contribution in [2.75, 3.05) is 26.0 Å². The first-order valence-electron chi connectivity index (χ1n) is 11.0. The van der Waals surface area contributed by atoms with Gasteiger partial charge in [0.2, 0.25) is 5.91 Å². The molecule has 1 aliphatic rings. The van der Waals surface area contributed by atoms with Crippen LogP contribution in [0.5, 0.6) is 5.75 Å². The van der Waals surface area contributed by atoms with Crippen LogP contribution in [0.3, 0.4) is 0 Å². The number of ether oxygens (including phenoxy) is 1. The molecule has 2 N–H and O–H groups in total. The van der Waals surface area contributed by atoms with Gasteiger partial charge in [-0.2, -0.15) is 0 Å². The maximum Gasteiger partial charge on any atom is 0.225 e. The predicted octanol–water partition coefficient (Wildman–Crippen LogP) is 3.78. The molecule has 0 radical (unpaired) electrons. The Bertz CT molecular complexity index is 1380. The fourth-order valence-electron chi connectivity index (χ4n) is 4.59. The van der Waals surface area contributed by atoms with Gasteiger partial charge in [0.05, 0.1) is 28.5 Å². The second-order valence-electron chi connectivity index (χ2n) is 9.27. The molecule has 3 aromatic heterocycles. The summed E-state index contributed by atoms with van der Waals surface area (Å²) in [7, 11) is 3.39. The van der Waals surface area contributed by atoms with Gasteiger partial charge in [0.25, 0.3) is 0 Å². The summed E-state index contributed by atoms with van der Waals surface area (Å²) in [6, 6.07) is 3.84. The summed E-state index contributed by atoms with van der Waals surface area (Å²) in [6.07, 6.45) is 3.77. The molecule has 0 bridgehead atoms. The van der Waals surface area contributed by atoms with Gasteiger partial charge in [0, 0.05) is 30.5 Å². The number of methoxy groups -OCH3 is 1. The summed E-state index contributed by atoms with van der Waals surface area (Å²) in [5.41, 5.74) is 1.87. The number of hydrogen-bond acceptors (Lipinski definition) is 10. The molecule has 1 amide bonds. The highest BCUT2D eigenvalue weighted by molar-refractivity contribution is 7.19. The SMILES string of the molecule is COc1cc2nnsc2cc1Nc1ncnc2sc3c(c12)CCC(C(=O)N(C)CC(C)(C)O)C3. The van der Waals surface area contributed by atoms with Crippen LogP contribution in [0.15, 0.2) is 18.5 Å². The number of carbonyl (C=O) groups is 1. The van der Waals surface area contributed by atoms with E-state index in [-0.39, 0.29) is 11.8 Å². The van der Waals surface area contributed by atoms with Crippen molar-refractivity contribution >= 4 is 60.7 Å². The van der Waals surface area contributed by atoms with Gasteiger partial charge in [-0.1, -0.05) is 4.49 Å². The van der Waals surface area contributed by atoms with Gasteiger partial charge in [-0.3, -0.25) is 4.79 Å². The summed E-state index contributed by atoms with van der Waals surface area (Å²) >= 11 is 2.95. The summed E-state index contributed by atoms with van der Waals surface area (Å²) in [5, 5.41) is 18.7. The lowest BCUT2D eigenvalue weighted by Gasteiger charge is -2.30. The van der Waals surface area contributed by atoms with Crippen molar-refractivity contribution in [1.82, 2.24) is 24.5 Å². The molecule has 0 aliphatic heterocycles. The van der Waals surface area contributed by atoms with E-state index in [1.807, 2.05) is 12.1 Å². The number of likely N-dealkylation sites (N-methyl/N-ethyl adjacent to an activating group) is 1. The molecule has 0 saturated heterocycles. The number of nitrogens with zero attached hydrogens (tertiary/aromatic N) is 5. The maximum absolute atomic E-state index is 13.0. The van der Waals surface area contributed by atoms with Gasteiger partial charge in [0.15, 0.2) is 0 Å². The molecule has 11 heteroatoms. The second kappa shape index (κ2) is 8.71. The van der Waals surface area contributed by atoms with E-state index in [1.165, 1.54) is 22.0 Å². The Labute approximate surface area is 205 Å². The van der Waals surface area contributed by atoms with Crippen molar-refractivity contribution in [3.8, 4) is 5.75 Å². The minimum absolute atomic E-state index is 0.0749. The van der Waals surface area contributed by atoms with E-state index in [2.05, 4.69) is 24.9 Å². The highest BCUT2D eigenvalue weighted by atomic mass is 32.1. The van der Waals surface area contributed by atoms with Crippen molar-refractivity contribution < 1.29 is 14.6 Å². The average molecular weight is 499 g/mol. The van der Waals surface area contributed by atoms with Crippen molar-refractivity contribution in [2.24, 2.45) is 5.92 Å². The molecule has 0 fully saturated rings. The van der Waals surface area contributed by atoms with Crippen LogP contribution >= 0.6 is 22.9 Å². The predicted molar refractivity (Wildman–Crippen MR) is 134 cm³/mol. The minimum atomic E-state index is -0.919. The van der Waals surface area contributed by atoms with E-state index in [4.69, 9.17) is 4.74 Å². The van der Waals surface area contributed by atoms with E-state index >= 15 is 0 Å². The van der Waals surface area contributed by atoms with Crippen LogP contribution in [0.1, 0.15) is 30.7 Å². The molecule has 3 heterocycles. The van der Waals surface area contributed by atoms with Crippen molar-refractivity contribution in [3.05, 3.63) is 28.9 Å². The Hall–Kier alpha value is -2.89. The van der Waals surface area contributed by atoms with Gasteiger partial charge < -0.3 is 20.1 Å². The van der Waals surface area contributed by atoms with Crippen molar-refractivity contribution in [2.45, 2.75) is 38.7 Å². The number of aromatic nitrogens is 4. The quantitative estimate of drug-likeness (QED) is 0.413. The van der Waals surface area contributed by atoms with Gasteiger partial charge in [-0.25, -0.2) is 9.97 Å². The van der Waals surface area contributed by atoms with E-state index in [0.29, 0.717) is 18.7 Å². The molecule has 0 saturated carbocycles. The number of anilines is 2. The molecule has 178 valence electrons. The molecule has 0 spiro atoms. The van der Waals surface area contributed by atoms with Crippen LogP contribution in [-0.4, -0.2) is 61.8 Å². The van der Waals surface area contributed by atoms with E-state index in [0.717, 1.165) is 44.8 Å². The van der Waals surface area contributed by atoms with Gasteiger partial charge in [0.1, 0.15) is 28.2 Å². The summed E-state index contributed by atoms with van der Waals surface area (Å²) in [4.78, 5) is 25.8. The Kier molecular flexibility index (Phi) is 5.86. The number of benzene rings is 1. The zero-order valence-electron chi connectivity index (χ0n) is 19.5. The van der Waals surface area contributed by atoms with Gasteiger partial charge in [-0.15, -0.1) is 16.4 Å². The standard InChI is InChI=1S/C23H26N6O3S2/c1-23(2,31)10-29(3)22(30)12-5-6-13-17(7-12)33-21-19(13)20(24-11-25-21)26-14-9-18-15(27-28-34-18)8-16(14)32-4/h8-9,11-12,31H,5-7,10H2,1-4H3,(H,24,25,26). The molecule has 1 atom stereocenters. The number of fused-ring (bicyclic) bond motifs is 4. The van der Waals surface area contributed by atoms with Crippen LogP contribution in [-0.2, 0) is 17.6 Å². The number of hydrogen-bond donors (Lipinski definition) is 2. The Morgan fingerprint density at radius 1 is 1.35 bits per heavy atom. The highest BCUT2D eigenvalue weighted by Crippen LogP contribution is 2.42. The summed E-state index contributed by atoms with van der Waals surface area (Å²) < 4.78 is 10.5.